The van der Waals surface area contributed by atoms with Crippen LogP contribution in [0.2, 0.25) is 0 Å². The van der Waals surface area contributed by atoms with Crippen molar-refractivity contribution < 1.29 is 22.7 Å². The van der Waals surface area contributed by atoms with E-state index >= 15 is 0 Å². The van der Waals surface area contributed by atoms with Crippen molar-refractivity contribution in [2.75, 3.05) is 13.1 Å². The highest BCUT2D eigenvalue weighted by Crippen LogP contribution is 2.56. The highest BCUT2D eigenvalue weighted by Gasteiger charge is 2.54. The average Bonchev–Trinajstić information content (AvgIpc) is 2.32. The lowest BCUT2D eigenvalue weighted by atomic mass is 9.56. The van der Waals surface area contributed by atoms with Gasteiger partial charge in [0, 0.05) is 30.9 Å². The Morgan fingerprint density at radius 1 is 1.21 bits per heavy atom. The average molecular weight is 343 g/mol. The third kappa shape index (κ3) is 3.32. The molecule has 2 heterocycles. The molecule has 1 aromatic heterocycles. The quantitative estimate of drug-likeness (QED) is 0.782. The molecule has 5 nitrogen and oxygen atoms in total. The van der Waals surface area contributed by atoms with E-state index in [1.165, 1.54) is 12.4 Å². The van der Waals surface area contributed by atoms with Crippen molar-refractivity contribution in [1.82, 2.24) is 14.9 Å². The molecule has 0 N–H and O–H groups in total. The van der Waals surface area contributed by atoms with E-state index in [0.29, 0.717) is 13.1 Å². The maximum absolute atomic E-state index is 12.5. The molecule has 0 radical (unpaired) electrons. The molecule has 1 spiro atoms. The first-order valence-electron chi connectivity index (χ1n) is 7.85. The summed E-state index contributed by atoms with van der Waals surface area (Å²) >= 11 is 0. The molecule has 2 fully saturated rings. The van der Waals surface area contributed by atoms with Crippen LogP contribution in [0.25, 0.3) is 0 Å². The van der Waals surface area contributed by atoms with Crippen LogP contribution in [0.4, 0.5) is 18.0 Å². The summed E-state index contributed by atoms with van der Waals surface area (Å²) in [5.74, 6) is -0.951. The monoisotopic (exact) mass is 343 g/mol. The van der Waals surface area contributed by atoms with Crippen LogP contribution in [0, 0.1) is 5.41 Å². The predicted molar refractivity (Wildman–Crippen MR) is 79.2 cm³/mol. The number of alkyl halides is 3. The highest BCUT2D eigenvalue weighted by atomic mass is 19.4. The van der Waals surface area contributed by atoms with Gasteiger partial charge >= 0.3 is 12.3 Å². The Kier molecular flexibility index (Phi) is 3.77. The van der Waals surface area contributed by atoms with Crippen LogP contribution in [-0.2, 0) is 10.9 Å². The maximum Gasteiger partial charge on any atom is 0.451 e. The smallest absolute Gasteiger partial charge is 0.444 e. The zero-order chi connectivity index (χ0) is 17.8. The molecule has 2 aliphatic rings. The molecular weight excluding hydrogens is 323 g/mol. The third-order valence-electron chi connectivity index (χ3n) is 4.46. The van der Waals surface area contributed by atoms with Gasteiger partial charge in [0.1, 0.15) is 5.60 Å². The van der Waals surface area contributed by atoms with Gasteiger partial charge in [-0.15, -0.1) is 0 Å². The Morgan fingerprint density at radius 3 is 2.21 bits per heavy atom. The SMILES string of the molecule is CC(C)(C)OC(=O)N1CC2(CC(c3cnc(C(F)(F)F)nc3)C2)C1. The zero-order valence-corrected chi connectivity index (χ0v) is 13.9. The van der Waals surface area contributed by atoms with Gasteiger partial charge in [0.25, 0.3) is 0 Å². The normalized spacial score (nSPS) is 20.5. The van der Waals surface area contributed by atoms with E-state index in [-0.39, 0.29) is 17.4 Å². The summed E-state index contributed by atoms with van der Waals surface area (Å²) in [5, 5.41) is 0. The van der Waals surface area contributed by atoms with Crippen molar-refractivity contribution in [3.8, 4) is 0 Å². The maximum atomic E-state index is 12.5. The lowest BCUT2D eigenvalue weighted by molar-refractivity contribution is -0.145. The molecule has 1 aromatic rings. The minimum absolute atomic E-state index is 0.0737. The number of carbonyl (C=O) groups excluding carboxylic acids is 1. The number of rotatable bonds is 1. The van der Waals surface area contributed by atoms with Crippen LogP contribution in [0.1, 0.15) is 50.9 Å². The molecule has 1 amide bonds. The van der Waals surface area contributed by atoms with Gasteiger partial charge in [0.05, 0.1) is 0 Å². The second kappa shape index (κ2) is 5.32. The Hall–Kier alpha value is -1.86. The van der Waals surface area contributed by atoms with Crippen LogP contribution in [0.3, 0.4) is 0 Å². The Bertz CT molecular complexity index is 623. The van der Waals surface area contributed by atoms with Crippen molar-refractivity contribution in [3.63, 3.8) is 0 Å². The number of amides is 1. The molecule has 132 valence electrons. The summed E-state index contributed by atoms with van der Waals surface area (Å²) < 4.78 is 42.7. The standard InChI is InChI=1S/C16H20F3N3O2/c1-14(2,3)24-13(23)22-8-15(9-22)4-10(5-15)11-6-20-12(21-7-11)16(17,18)19/h6-7,10H,4-5,8-9H2,1-3H3. The van der Waals surface area contributed by atoms with Crippen LogP contribution >= 0.6 is 0 Å². The second-order valence-electron chi connectivity index (χ2n) is 7.78. The van der Waals surface area contributed by atoms with E-state index < -0.39 is 17.6 Å². The number of ether oxygens (including phenoxy) is 1. The lowest BCUT2D eigenvalue weighted by Gasteiger charge is -2.58. The van der Waals surface area contributed by atoms with Crippen molar-refractivity contribution in [2.24, 2.45) is 5.41 Å². The number of hydrogen-bond acceptors (Lipinski definition) is 4. The minimum atomic E-state index is -4.51. The fourth-order valence-electron chi connectivity index (χ4n) is 3.39. The van der Waals surface area contributed by atoms with Crippen LogP contribution in [-0.4, -0.2) is 39.7 Å². The number of nitrogens with zero attached hydrogens (tertiary/aromatic N) is 3. The van der Waals surface area contributed by atoms with Gasteiger partial charge in [-0.2, -0.15) is 13.2 Å². The molecular formula is C16H20F3N3O2. The first-order chi connectivity index (χ1) is 11.0. The van der Waals surface area contributed by atoms with Crippen molar-refractivity contribution in [2.45, 2.75) is 51.3 Å². The number of halogens is 3. The first-order valence-corrected chi connectivity index (χ1v) is 7.85. The molecule has 24 heavy (non-hydrogen) atoms. The minimum Gasteiger partial charge on any atom is -0.444 e. The number of aromatic nitrogens is 2. The second-order valence-corrected chi connectivity index (χ2v) is 7.78. The fourth-order valence-corrected chi connectivity index (χ4v) is 3.39. The van der Waals surface area contributed by atoms with Gasteiger partial charge in [0.15, 0.2) is 0 Å². The Balaban J connectivity index is 1.51. The fraction of sp³-hybridized carbons (Fsp3) is 0.688. The Labute approximate surface area is 138 Å². The summed E-state index contributed by atoms with van der Waals surface area (Å²) in [6.07, 6.45) is -0.632. The summed E-state index contributed by atoms with van der Waals surface area (Å²) in [4.78, 5) is 20.4. The molecule has 1 saturated heterocycles. The van der Waals surface area contributed by atoms with Crippen molar-refractivity contribution in [3.05, 3.63) is 23.8 Å². The van der Waals surface area contributed by atoms with Gasteiger partial charge in [0.2, 0.25) is 5.82 Å². The van der Waals surface area contributed by atoms with Gasteiger partial charge in [-0.05, 0) is 45.1 Å². The molecule has 1 aliphatic heterocycles. The van der Waals surface area contributed by atoms with E-state index in [1.54, 1.807) is 4.90 Å². The number of hydrogen-bond donors (Lipinski definition) is 0. The number of carbonyl (C=O) groups is 1. The first kappa shape index (κ1) is 17.0. The van der Waals surface area contributed by atoms with E-state index in [1.807, 2.05) is 20.8 Å². The third-order valence-corrected chi connectivity index (χ3v) is 4.46. The van der Waals surface area contributed by atoms with E-state index in [0.717, 1.165) is 18.4 Å². The molecule has 8 heteroatoms. The Morgan fingerprint density at radius 2 is 1.75 bits per heavy atom. The lowest BCUT2D eigenvalue weighted by Crippen LogP contribution is -2.63. The molecule has 1 saturated carbocycles. The van der Waals surface area contributed by atoms with E-state index in [2.05, 4.69) is 9.97 Å². The largest absolute Gasteiger partial charge is 0.451 e. The zero-order valence-electron chi connectivity index (χ0n) is 13.9. The summed E-state index contributed by atoms with van der Waals surface area (Å²) in [6.45, 7) is 6.75. The van der Waals surface area contributed by atoms with Gasteiger partial charge < -0.3 is 9.64 Å². The topological polar surface area (TPSA) is 55.3 Å². The summed E-state index contributed by atoms with van der Waals surface area (Å²) in [7, 11) is 0. The number of likely N-dealkylation sites (tertiary alicyclic amines) is 1. The van der Waals surface area contributed by atoms with Crippen LogP contribution in [0.15, 0.2) is 12.4 Å². The van der Waals surface area contributed by atoms with Gasteiger partial charge in [-0.1, -0.05) is 0 Å². The molecule has 0 unspecified atom stereocenters. The van der Waals surface area contributed by atoms with Gasteiger partial charge in [-0.3, -0.25) is 0 Å². The van der Waals surface area contributed by atoms with Crippen LogP contribution in [0.5, 0.6) is 0 Å². The van der Waals surface area contributed by atoms with Crippen molar-refractivity contribution in [1.29, 1.82) is 0 Å². The molecule has 0 atom stereocenters. The predicted octanol–water partition coefficient (Wildman–Crippen LogP) is 3.61. The molecule has 3 rings (SSSR count). The van der Waals surface area contributed by atoms with Crippen molar-refractivity contribution >= 4 is 6.09 Å². The van der Waals surface area contributed by atoms with E-state index in [9.17, 15) is 18.0 Å². The summed E-state index contributed by atoms with van der Waals surface area (Å²) in [6, 6.07) is 0. The van der Waals surface area contributed by atoms with Gasteiger partial charge in [-0.25, -0.2) is 14.8 Å². The van der Waals surface area contributed by atoms with E-state index in [4.69, 9.17) is 4.74 Å². The highest BCUT2D eigenvalue weighted by molar-refractivity contribution is 5.69. The summed E-state index contributed by atoms with van der Waals surface area (Å²) in [5.41, 5.74) is 0.286. The van der Waals surface area contributed by atoms with Crippen LogP contribution < -0.4 is 0 Å². The molecule has 0 bridgehead atoms. The molecule has 1 aliphatic carbocycles. The molecule has 0 aromatic carbocycles.